The summed E-state index contributed by atoms with van der Waals surface area (Å²) in [6.07, 6.45) is 2.86. The molecule has 19 heavy (non-hydrogen) atoms. The van der Waals surface area contributed by atoms with Gasteiger partial charge in [-0.1, -0.05) is 23.5 Å². The molecule has 3 heterocycles. The maximum atomic E-state index is 11.3. The highest BCUT2D eigenvalue weighted by molar-refractivity contribution is 7.22. The molecule has 4 rings (SSSR count). The lowest BCUT2D eigenvalue weighted by Crippen LogP contribution is -2.32. The van der Waals surface area contributed by atoms with Crippen LogP contribution in [0, 0.1) is 5.92 Å². The Bertz CT molecular complexity index is 621. The average molecular weight is 274 g/mol. The Morgan fingerprint density at radius 3 is 2.95 bits per heavy atom. The fourth-order valence-electron chi connectivity index (χ4n) is 3.52. The zero-order chi connectivity index (χ0) is 13.0. The summed E-state index contributed by atoms with van der Waals surface area (Å²) in [7, 11) is 0. The number of carbonyl (C=O) groups is 1. The molecule has 4 nitrogen and oxygen atoms in total. The van der Waals surface area contributed by atoms with Crippen LogP contribution in [0.5, 0.6) is 0 Å². The van der Waals surface area contributed by atoms with Crippen LogP contribution in [0.15, 0.2) is 24.3 Å². The number of nitrogens with zero attached hydrogens (tertiary/aromatic N) is 2. The highest BCUT2D eigenvalue weighted by Crippen LogP contribution is 2.46. The van der Waals surface area contributed by atoms with Crippen molar-refractivity contribution in [2.75, 3.05) is 4.90 Å². The molecule has 1 N–H and O–H groups in total. The molecule has 98 valence electrons. The maximum absolute atomic E-state index is 11.3. The Morgan fingerprint density at radius 2 is 2.21 bits per heavy atom. The van der Waals surface area contributed by atoms with Crippen LogP contribution < -0.4 is 4.90 Å². The number of anilines is 1. The molecule has 0 aliphatic carbocycles. The van der Waals surface area contributed by atoms with Gasteiger partial charge in [0.1, 0.15) is 0 Å². The number of carboxylic acids is 1. The molecule has 2 aromatic rings. The largest absolute Gasteiger partial charge is 0.481 e. The maximum Gasteiger partial charge on any atom is 0.308 e. The zero-order valence-electron chi connectivity index (χ0n) is 10.3. The van der Waals surface area contributed by atoms with Crippen LogP contribution >= 0.6 is 11.3 Å². The molecule has 0 radical (unpaired) electrons. The molecular weight excluding hydrogens is 260 g/mol. The van der Waals surface area contributed by atoms with E-state index >= 15 is 0 Å². The average Bonchev–Trinajstić information content (AvgIpc) is 3.09. The Labute approximate surface area is 114 Å². The number of rotatable bonds is 2. The van der Waals surface area contributed by atoms with Gasteiger partial charge >= 0.3 is 5.97 Å². The van der Waals surface area contributed by atoms with Crippen LogP contribution in [0.25, 0.3) is 10.2 Å². The van der Waals surface area contributed by atoms with Gasteiger partial charge in [-0.25, -0.2) is 4.98 Å². The number of benzene rings is 1. The Balaban J connectivity index is 1.74. The number of para-hydroxylation sites is 1. The van der Waals surface area contributed by atoms with Gasteiger partial charge < -0.3 is 10.0 Å². The van der Waals surface area contributed by atoms with Gasteiger partial charge in [0.25, 0.3) is 0 Å². The summed E-state index contributed by atoms with van der Waals surface area (Å²) in [5.74, 6) is -0.871. The Hall–Kier alpha value is -1.62. The molecule has 0 saturated carbocycles. The first-order chi connectivity index (χ1) is 9.24. The molecule has 5 heteroatoms. The minimum absolute atomic E-state index is 0.142. The second-order valence-electron chi connectivity index (χ2n) is 5.35. The third-order valence-corrected chi connectivity index (χ3v) is 5.41. The molecule has 1 aromatic carbocycles. The SMILES string of the molecule is O=C(O)C1CC2CCC1N2c1nc2ccccc2s1. The Morgan fingerprint density at radius 1 is 1.37 bits per heavy atom. The molecule has 0 spiro atoms. The number of hydrogen-bond donors (Lipinski definition) is 1. The number of aromatic nitrogens is 1. The van der Waals surface area contributed by atoms with Gasteiger partial charge in [-0.05, 0) is 31.4 Å². The lowest BCUT2D eigenvalue weighted by Gasteiger charge is -2.21. The lowest BCUT2D eigenvalue weighted by molar-refractivity contribution is -0.142. The first kappa shape index (κ1) is 11.2. The van der Waals surface area contributed by atoms with Crippen molar-refractivity contribution in [1.29, 1.82) is 0 Å². The minimum Gasteiger partial charge on any atom is -0.481 e. The van der Waals surface area contributed by atoms with Crippen molar-refractivity contribution in [2.24, 2.45) is 5.92 Å². The third-order valence-electron chi connectivity index (χ3n) is 4.36. The highest BCUT2D eigenvalue weighted by Gasteiger charge is 2.50. The lowest BCUT2D eigenvalue weighted by atomic mass is 9.89. The number of fused-ring (bicyclic) bond motifs is 3. The van der Waals surface area contributed by atoms with Gasteiger partial charge in [-0.2, -0.15) is 0 Å². The first-order valence-corrected chi connectivity index (χ1v) is 7.42. The van der Waals surface area contributed by atoms with Crippen molar-refractivity contribution in [1.82, 2.24) is 4.98 Å². The standard InChI is InChI=1S/C14H14N2O2S/c17-13(18)9-7-8-5-6-11(9)16(8)14-15-10-3-1-2-4-12(10)19-14/h1-4,8-9,11H,5-7H2,(H,17,18). The van der Waals surface area contributed by atoms with Crippen molar-refractivity contribution in [2.45, 2.75) is 31.3 Å². The molecular formula is C14H14N2O2S. The quantitative estimate of drug-likeness (QED) is 0.915. The smallest absolute Gasteiger partial charge is 0.308 e. The van der Waals surface area contributed by atoms with Gasteiger partial charge in [0.2, 0.25) is 0 Å². The fourth-order valence-corrected chi connectivity index (χ4v) is 4.62. The van der Waals surface area contributed by atoms with Gasteiger partial charge in [0.15, 0.2) is 5.13 Å². The molecule has 2 aliphatic heterocycles. The zero-order valence-corrected chi connectivity index (χ0v) is 11.1. The molecule has 2 bridgehead atoms. The van der Waals surface area contributed by atoms with Crippen molar-refractivity contribution < 1.29 is 9.90 Å². The summed E-state index contributed by atoms with van der Waals surface area (Å²) in [5.41, 5.74) is 1.01. The minimum atomic E-state index is -0.654. The monoisotopic (exact) mass is 274 g/mol. The summed E-state index contributed by atoms with van der Waals surface area (Å²) in [6, 6.07) is 8.60. The van der Waals surface area contributed by atoms with Crippen LogP contribution in [0.4, 0.5) is 5.13 Å². The van der Waals surface area contributed by atoms with E-state index in [2.05, 4.69) is 16.0 Å². The Kier molecular flexibility index (Phi) is 2.33. The van der Waals surface area contributed by atoms with E-state index in [-0.39, 0.29) is 12.0 Å². The second-order valence-corrected chi connectivity index (χ2v) is 6.36. The van der Waals surface area contributed by atoms with E-state index in [4.69, 9.17) is 0 Å². The molecule has 2 aliphatic rings. The molecule has 2 fully saturated rings. The first-order valence-electron chi connectivity index (χ1n) is 6.61. The van der Waals surface area contributed by atoms with Crippen LogP contribution in [-0.4, -0.2) is 28.1 Å². The number of carboxylic acid groups (broad SMARTS) is 1. The van der Waals surface area contributed by atoms with Gasteiger partial charge in [0.05, 0.1) is 16.1 Å². The topological polar surface area (TPSA) is 53.4 Å². The predicted molar refractivity (Wildman–Crippen MR) is 74.7 cm³/mol. The van der Waals surface area contributed by atoms with Crippen LogP contribution in [0.1, 0.15) is 19.3 Å². The van der Waals surface area contributed by atoms with E-state index in [0.717, 1.165) is 29.9 Å². The summed E-state index contributed by atoms with van der Waals surface area (Å²) < 4.78 is 1.18. The normalized spacial score (nSPS) is 29.3. The van der Waals surface area contributed by atoms with E-state index in [1.165, 1.54) is 4.70 Å². The second kappa shape index (κ2) is 3.93. The summed E-state index contributed by atoms with van der Waals surface area (Å²) in [5, 5.41) is 10.3. The van der Waals surface area contributed by atoms with Gasteiger partial charge in [0, 0.05) is 12.1 Å². The van der Waals surface area contributed by atoms with Crippen molar-refractivity contribution in [3.05, 3.63) is 24.3 Å². The molecule has 2 saturated heterocycles. The fraction of sp³-hybridized carbons (Fsp3) is 0.429. The predicted octanol–water partition coefficient (Wildman–Crippen LogP) is 2.74. The third kappa shape index (κ3) is 1.57. The number of thiazole rings is 1. The molecule has 3 unspecified atom stereocenters. The highest BCUT2D eigenvalue weighted by atomic mass is 32.1. The summed E-state index contributed by atoms with van der Waals surface area (Å²) in [6.45, 7) is 0. The molecule has 3 atom stereocenters. The summed E-state index contributed by atoms with van der Waals surface area (Å²) in [4.78, 5) is 18.2. The number of aliphatic carboxylic acids is 1. The van der Waals surface area contributed by atoms with Crippen LogP contribution in [-0.2, 0) is 4.79 Å². The van der Waals surface area contributed by atoms with E-state index < -0.39 is 5.97 Å². The van der Waals surface area contributed by atoms with Crippen molar-refractivity contribution in [3.8, 4) is 0 Å². The summed E-state index contributed by atoms with van der Waals surface area (Å²) >= 11 is 1.68. The molecule has 0 amide bonds. The van der Waals surface area contributed by atoms with Gasteiger partial charge in [-0.3, -0.25) is 4.79 Å². The van der Waals surface area contributed by atoms with E-state index in [1.807, 2.05) is 18.2 Å². The van der Waals surface area contributed by atoms with Crippen molar-refractivity contribution in [3.63, 3.8) is 0 Å². The van der Waals surface area contributed by atoms with Crippen LogP contribution in [0.2, 0.25) is 0 Å². The van der Waals surface area contributed by atoms with E-state index in [9.17, 15) is 9.90 Å². The number of hydrogen-bond acceptors (Lipinski definition) is 4. The van der Waals surface area contributed by atoms with E-state index in [0.29, 0.717) is 6.04 Å². The van der Waals surface area contributed by atoms with Gasteiger partial charge in [-0.15, -0.1) is 0 Å². The molecule has 1 aromatic heterocycles. The van der Waals surface area contributed by atoms with Crippen molar-refractivity contribution >= 4 is 32.7 Å². The van der Waals surface area contributed by atoms with Crippen LogP contribution in [0.3, 0.4) is 0 Å². The van der Waals surface area contributed by atoms with E-state index in [1.54, 1.807) is 11.3 Å².